The fourth-order valence-electron chi connectivity index (χ4n) is 7.40. The molecule has 376 valence electrons. The standard InChI is InChI=1S/C46H59ClN12O9S2/c1-24(60)38-45(67)57-36(39(50)61)22-69-70-23-37(58-40(62)31(49)18-25-9-13-28(47)14-10-25)44(66)55-34(19-26-11-15-29(16-12-26)53-46(51)68)42(64)56-35(20-27-21-52-32-7-3-2-6-30(27)32)43(65)54-33(41(63)59-38)8-4-5-17-48/h2-3,6-7,9-16,21,24,31,33-38,52,60H,4-5,8,17-20,22-23,48-49H2,1H3,(H2,50,61)(H,54,65)(H,55,66)(H,56,64)(H,57,67)(H,58,62)(H,59,63)(H3,51,53,68)/t24-,31+,33+,34+,35-,36+,37-,38+/m1/s1. The van der Waals surface area contributed by atoms with Gasteiger partial charge in [0.25, 0.3) is 0 Å². The number of carbonyl (C=O) groups is 8. The van der Waals surface area contributed by atoms with E-state index in [-0.39, 0.29) is 43.7 Å². The van der Waals surface area contributed by atoms with Gasteiger partial charge in [-0.2, -0.15) is 0 Å². The first-order chi connectivity index (χ1) is 33.4. The Balaban J connectivity index is 1.56. The summed E-state index contributed by atoms with van der Waals surface area (Å²) < 4.78 is 0. The van der Waals surface area contributed by atoms with E-state index in [1.165, 1.54) is 19.1 Å². The number of aliphatic hydroxyl groups is 1. The summed E-state index contributed by atoms with van der Waals surface area (Å²) in [6, 6.07) is 9.84. The molecule has 24 heteroatoms. The van der Waals surface area contributed by atoms with Crippen LogP contribution in [0.3, 0.4) is 0 Å². The van der Waals surface area contributed by atoms with Gasteiger partial charge in [-0.1, -0.05) is 75.7 Å². The number of benzene rings is 3. The highest BCUT2D eigenvalue weighted by Crippen LogP contribution is 2.24. The average molecular weight is 1020 g/mol. The number of anilines is 1. The zero-order valence-corrected chi connectivity index (χ0v) is 40.6. The van der Waals surface area contributed by atoms with Gasteiger partial charge in [-0.05, 0) is 86.2 Å². The van der Waals surface area contributed by atoms with E-state index in [0.717, 1.165) is 32.5 Å². The van der Waals surface area contributed by atoms with Crippen LogP contribution in [0.5, 0.6) is 0 Å². The highest BCUT2D eigenvalue weighted by molar-refractivity contribution is 8.76. The fourth-order valence-corrected chi connectivity index (χ4v) is 9.86. The molecule has 1 aliphatic heterocycles. The predicted octanol–water partition coefficient (Wildman–Crippen LogP) is -0.0340. The van der Waals surface area contributed by atoms with Crippen LogP contribution in [0.15, 0.2) is 79.0 Å². The largest absolute Gasteiger partial charge is 0.391 e. The number of para-hydroxylation sites is 1. The van der Waals surface area contributed by atoms with E-state index in [0.29, 0.717) is 40.2 Å². The molecule has 0 spiro atoms. The third-order valence-electron chi connectivity index (χ3n) is 11.2. The highest BCUT2D eigenvalue weighted by Gasteiger charge is 2.36. The van der Waals surface area contributed by atoms with Crippen molar-refractivity contribution in [3.8, 4) is 0 Å². The summed E-state index contributed by atoms with van der Waals surface area (Å²) >= 11 is 6.04. The van der Waals surface area contributed by atoms with Crippen LogP contribution in [0.2, 0.25) is 5.02 Å². The normalized spacial score (nSPS) is 22.0. The summed E-state index contributed by atoms with van der Waals surface area (Å²) in [5.74, 6) is -6.25. The number of aromatic amines is 1. The summed E-state index contributed by atoms with van der Waals surface area (Å²) in [4.78, 5) is 113. The monoisotopic (exact) mass is 1020 g/mol. The van der Waals surface area contributed by atoms with Crippen LogP contribution in [0.25, 0.3) is 10.9 Å². The second-order valence-corrected chi connectivity index (χ2v) is 19.7. The van der Waals surface area contributed by atoms with Crippen molar-refractivity contribution in [2.24, 2.45) is 22.9 Å². The van der Waals surface area contributed by atoms with Gasteiger partial charge in [0.15, 0.2) is 0 Å². The zero-order chi connectivity index (χ0) is 50.9. The number of H-pyrrole nitrogens is 1. The number of hydrogen-bond donors (Lipinski definition) is 13. The molecular weight excluding hydrogens is 964 g/mol. The molecular formula is C46H59ClN12O9S2. The molecule has 0 bridgehead atoms. The van der Waals surface area contributed by atoms with E-state index in [1.807, 2.05) is 18.2 Å². The van der Waals surface area contributed by atoms with E-state index < -0.39 is 95.8 Å². The Morgan fingerprint density at radius 1 is 0.757 bits per heavy atom. The molecule has 1 fully saturated rings. The van der Waals surface area contributed by atoms with E-state index in [1.54, 1.807) is 48.7 Å². The van der Waals surface area contributed by atoms with Crippen molar-refractivity contribution >= 4 is 97.2 Å². The van der Waals surface area contributed by atoms with Crippen LogP contribution in [-0.4, -0.2) is 124 Å². The molecule has 0 saturated carbocycles. The topological polar surface area (TPSA) is 361 Å². The first kappa shape index (κ1) is 54.6. The zero-order valence-electron chi connectivity index (χ0n) is 38.2. The molecule has 3 aromatic carbocycles. The number of nitrogens with two attached hydrogens (primary N) is 4. The lowest BCUT2D eigenvalue weighted by molar-refractivity contribution is -0.136. The Kier molecular flexibility index (Phi) is 20.7. The molecule has 1 aliphatic rings. The number of urea groups is 1. The quantitative estimate of drug-likeness (QED) is 0.0550. The number of amides is 9. The van der Waals surface area contributed by atoms with Gasteiger partial charge in [0, 0.05) is 52.2 Å². The van der Waals surface area contributed by atoms with E-state index in [9.17, 15) is 43.5 Å². The SMILES string of the molecule is C[C@@H](O)[C@@H]1NC(=O)[C@H](CCCCN)NC(=O)[C@@H](Cc2c[nH]c3ccccc23)NC(=O)[C@H](Cc2ccc(NC(N)=O)cc2)NC(=O)[C@H](NC(=O)[C@@H](N)Cc2ccc(Cl)cc2)CSSC[C@@H](C(N)=O)NC1=O. The molecule has 0 unspecified atom stereocenters. The van der Waals surface area contributed by atoms with Crippen molar-refractivity contribution in [1.82, 2.24) is 36.9 Å². The molecule has 0 radical (unpaired) electrons. The third-order valence-corrected chi connectivity index (χ3v) is 13.9. The molecule has 21 nitrogen and oxygen atoms in total. The number of unbranched alkanes of at least 4 members (excludes halogenated alkanes) is 1. The first-order valence-electron chi connectivity index (χ1n) is 22.4. The van der Waals surface area contributed by atoms with E-state index in [4.69, 9.17) is 34.5 Å². The van der Waals surface area contributed by atoms with Crippen LogP contribution < -0.4 is 60.2 Å². The van der Waals surface area contributed by atoms with Crippen molar-refractivity contribution in [3.05, 3.63) is 101 Å². The Labute approximate surface area is 416 Å². The van der Waals surface area contributed by atoms with Crippen molar-refractivity contribution in [2.75, 3.05) is 23.4 Å². The van der Waals surface area contributed by atoms with E-state index >= 15 is 0 Å². The smallest absolute Gasteiger partial charge is 0.316 e. The van der Waals surface area contributed by atoms with Crippen LogP contribution >= 0.6 is 33.2 Å². The number of aromatic nitrogens is 1. The number of rotatable bonds is 15. The van der Waals surface area contributed by atoms with Crippen molar-refractivity contribution < 1.29 is 43.5 Å². The number of hydrogen-bond acceptors (Lipinski definition) is 13. The van der Waals surface area contributed by atoms with Gasteiger partial charge in [-0.25, -0.2) is 4.79 Å². The lowest BCUT2D eigenvalue weighted by Gasteiger charge is -2.29. The minimum absolute atomic E-state index is 0.0319. The maximum absolute atomic E-state index is 14.8. The molecule has 8 atom stereocenters. The molecule has 9 amide bonds. The number of halogens is 1. The van der Waals surface area contributed by atoms with Gasteiger partial charge in [0.05, 0.1) is 12.1 Å². The summed E-state index contributed by atoms with van der Waals surface area (Å²) in [6.07, 6.45) is 0.827. The second kappa shape index (κ2) is 26.6. The predicted molar refractivity (Wildman–Crippen MR) is 269 cm³/mol. The number of nitrogens with one attached hydrogen (secondary N) is 8. The number of carbonyl (C=O) groups excluding carboxylic acids is 8. The molecule has 2 heterocycles. The molecule has 1 aromatic heterocycles. The van der Waals surface area contributed by atoms with Gasteiger partial charge in [0.1, 0.15) is 36.3 Å². The minimum Gasteiger partial charge on any atom is -0.391 e. The van der Waals surface area contributed by atoms with Crippen molar-refractivity contribution in [1.29, 1.82) is 0 Å². The maximum Gasteiger partial charge on any atom is 0.316 e. The first-order valence-corrected chi connectivity index (χ1v) is 25.2. The highest BCUT2D eigenvalue weighted by atomic mass is 35.5. The lowest BCUT2D eigenvalue weighted by Crippen LogP contribution is -2.62. The Hall–Kier alpha value is -6.37. The van der Waals surface area contributed by atoms with Gasteiger partial charge >= 0.3 is 6.03 Å². The number of aliphatic hydroxyl groups excluding tert-OH is 1. The molecule has 17 N–H and O–H groups in total. The van der Waals surface area contributed by atoms with Crippen LogP contribution in [-0.2, 0) is 52.8 Å². The van der Waals surface area contributed by atoms with E-state index in [2.05, 4.69) is 42.2 Å². The van der Waals surface area contributed by atoms with Crippen molar-refractivity contribution in [2.45, 2.75) is 93.8 Å². The number of primary amides is 2. The molecule has 4 aromatic rings. The van der Waals surface area contributed by atoms with Gasteiger partial charge < -0.3 is 70.2 Å². The molecule has 70 heavy (non-hydrogen) atoms. The minimum atomic E-state index is -1.62. The molecule has 5 rings (SSSR count). The molecule has 1 saturated heterocycles. The number of fused-ring (bicyclic) bond motifs is 1. The summed E-state index contributed by atoms with van der Waals surface area (Å²) in [5, 5.41) is 30.4. The maximum atomic E-state index is 14.8. The van der Waals surface area contributed by atoms with Gasteiger partial charge in [0.2, 0.25) is 41.4 Å². The summed E-state index contributed by atoms with van der Waals surface area (Å²) in [5.41, 5.74) is 26.0. The van der Waals surface area contributed by atoms with Crippen molar-refractivity contribution in [3.63, 3.8) is 0 Å². The average Bonchev–Trinajstić information content (AvgIpc) is 3.73. The third kappa shape index (κ3) is 16.4. The molecule has 0 aliphatic carbocycles. The second-order valence-electron chi connectivity index (χ2n) is 16.7. The van der Waals surface area contributed by atoms with Crippen LogP contribution in [0.4, 0.5) is 10.5 Å². The lowest BCUT2D eigenvalue weighted by atomic mass is 10.0. The van der Waals surface area contributed by atoms with Crippen LogP contribution in [0, 0.1) is 0 Å². The summed E-state index contributed by atoms with van der Waals surface area (Å²) in [7, 11) is 2.04. The van der Waals surface area contributed by atoms with Crippen LogP contribution in [0.1, 0.15) is 42.9 Å². The summed E-state index contributed by atoms with van der Waals surface area (Å²) in [6.45, 7) is 1.52. The Morgan fingerprint density at radius 2 is 1.37 bits per heavy atom. The van der Waals surface area contributed by atoms with Gasteiger partial charge in [-0.15, -0.1) is 0 Å². The Bertz CT molecular complexity index is 2480. The Morgan fingerprint density at radius 3 is 2.03 bits per heavy atom. The van der Waals surface area contributed by atoms with Gasteiger partial charge in [-0.3, -0.25) is 33.6 Å². The fraction of sp³-hybridized carbons (Fsp3) is 0.391.